The van der Waals surface area contributed by atoms with Crippen LogP contribution in [0.4, 0.5) is 14.6 Å². The van der Waals surface area contributed by atoms with Crippen molar-refractivity contribution in [1.29, 1.82) is 11.1 Å². The lowest BCUT2D eigenvalue weighted by Crippen LogP contribution is -2.64. The Bertz CT molecular complexity index is 1120. The molecule has 0 amide bonds. The molecule has 0 bridgehead atoms. The number of carbonyl (C=O) groups excluding carboxylic acids is 1. The number of pyridine rings is 1. The van der Waals surface area contributed by atoms with Gasteiger partial charge < -0.3 is 19.7 Å². The minimum atomic E-state index is -1.21. The van der Waals surface area contributed by atoms with Gasteiger partial charge in [0.05, 0.1) is 6.61 Å². The number of anilines is 1. The van der Waals surface area contributed by atoms with Crippen LogP contribution in [0.1, 0.15) is 34.6 Å². The molecule has 0 spiro atoms. The number of hydrogen-bond acceptors (Lipinski definition) is 9. The van der Waals surface area contributed by atoms with Crippen molar-refractivity contribution >= 4 is 12.1 Å². The number of rotatable bonds is 4. The third-order valence-electron chi connectivity index (χ3n) is 7.12. The van der Waals surface area contributed by atoms with Crippen molar-refractivity contribution in [3.8, 4) is 0 Å². The van der Waals surface area contributed by atoms with Crippen molar-refractivity contribution in [3.05, 3.63) is 71.1 Å². The average Bonchev–Trinajstić information content (AvgIpc) is 3.31. The third-order valence-corrected chi connectivity index (χ3v) is 7.12. The molecule has 11 heteroatoms. The fraction of sp³-hybridized carbons (Fsp3) is 0.462. The quantitative estimate of drug-likeness (QED) is 0.362. The molecule has 0 radical (unpaired) electrons. The van der Waals surface area contributed by atoms with E-state index in [0.29, 0.717) is 13.2 Å². The van der Waals surface area contributed by atoms with E-state index in [9.17, 15) is 13.6 Å². The Kier molecular flexibility index (Phi) is 9.55. The Hall–Kier alpha value is -3.12. The highest BCUT2D eigenvalue weighted by Gasteiger charge is 2.42. The summed E-state index contributed by atoms with van der Waals surface area (Å²) in [5.41, 5.74) is 17.6. The number of nitrogens with two attached hydrogens (primary N) is 1. The molecule has 2 saturated heterocycles. The van der Waals surface area contributed by atoms with Crippen LogP contribution in [0.2, 0.25) is 0 Å². The summed E-state index contributed by atoms with van der Waals surface area (Å²) in [6, 6.07) is 4.92. The summed E-state index contributed by atoms with van der Waals surface area (Å²) in [5, 5.41) is 2.93. The minimum Gasteiger partial charge on any atom is -0.353 e. The molecule has 2 fully saturated rings. The normalized spacial score (nSPS) is 24.9. The molecule has 3 aliphatic rings. The first-order valence-corrected chi connectivity index (χ1v) is 12.1. The average molecular weight is 516 g/mol. The van der Waals surface area contributed by atoms with Gasteiger partial charge in [0.2, 0.25) is 0 Å². The Morgan fingerprint density at radius 1 is 1.32 bits per heavy atom. The van der Waals surface area contributed by atoms with E-state index in [4.69, 9.17) is 21.5 Å². The summed E-state index contributed by atoms with van der Waals surface area (Å²) < 4.78 is 33.6. The number of nitrogens with zero attached hydrogens (tertiary/aromatic N) is 3. The first kappa shape index (κ1) is 28.5. The number of morpholine rings is 1. The molecule has 37 heavy (non-hydrogen) atoms. The standard InChI is InChI=1S/C15H21F2N3O.C11H12N2O.H2N2/c1-10-13(16)4-3-12(14(10)17)15(18)9-20-6-5-19(2)7-11(20)8-21-15;1-2-12-11-5-8-3-4-9(7-14)10(8)6-13-11;1-2/h3-4,11H,5-9,18H2,1-2H3;2,5-7,9H,1,3-4H2,(H,12,13);1-2H. The van der Waals surface area contributed by atoms with Gasteiger partial charge in [0.1, 0.15) is 23.7 Å². The fourth-order valence-electron chi connectivity index (χ4n) is 5.01. The number of halogens is 2. The Morgan fingerprint density at radius 3 is 2.78 bits per heavy atom. The molecular formula is C26H35F2N7O2. The highest BCUT2D eigenvalue weighted by molar-refractivity contribution is 5.65. The van der Waals surface area contributed by atoms with E-state index in [1.54, 1.807) is 12.4 Å². The van der Waals surface area contributed by atoms with Crippen molar-refractivity contribution in [1.82, 2.24) is 14.8 Å². The molecule has 9 nitrogen and oxygen atoms in total. The molecule has 2 aromatic rings. The maximum absolute atomic E-state index is 14.4. The molecule has 1 aromatic heterocycles. The van der Waals surface area contributed by atoms with Crippen LogP contribution in [-0.2, 0) is 21.7 Å². The minimum absolute atomic E-state index is 0.0126. The zero-order valence-corrected chi connectivity index (χ0v) is 21.3. The number of piperazine rings is 1. The predicted molar refractivity (Wildman–Crippen MR) is 136 cm³/mol. The smallest absolute Gasteiger partial charge is 0.158 e. The zero-order valence-electron chi connectivity index (χ0n) is 21.3. The summed E-state index contributed by atoms with van der Waals surface area (Å²) in [6.45, 7) is 8.62. The number of hydrogen-bond donors (Lipinski definition) is 4. The SMILES string of the molecule is C=CNc1cc2c(cn1)C(C=O)CC2.Cc1c(F)ccc(C2(N)CN3CCN(C)CC3CO2)c1F.N=N. The van der Waals surface area contributed by atoms with E-state index in [2.05, 4.69) is 33.7 Å². The topological polar surface area (TPSA) is 131 Å². The first-order valence-electron chi connectivity index (χ1n) is 12.1. The van der Waals surface area contributed by atoms with Crippen molar-refractivity contribution in [2.45, 2.75) is 37.5 Å². The first-order chi connectivity index (χ1) is 17.8. The van der Waals surface area contributed by atoms with E-state index >= 15 is 0 Å². The maximum Gasteiger partial charge on any atom is 0.158 e. The van der Waals surface area contributed by atoms with Crippen LogP contribution in [0.3, 0.4) is 0 Å². The van der Waals surface area contributed by atoms with Gasteiger partial charge in [0.15, 0.2) is 5.72 Å². The zero-order chi connectivity index (χ0) is 27.2. The largest absolute Gasteiger partial charge is 0.353 e. The molecule has 1 aliphatic carbocycles. The molecular weight excluding hydrogens is 480 g/mol. The van der Waals surface area contributed by atoms with Crippen LogP contribution in [0.25, 0.3) is 0 Å². The number of likely N-dealkylation sites (N-methyl/N-ethyl adjacent to an activating group) is 1. The van der Waals surface area contributed by atoms with Crippen LogP contribution in [0, 0.1) is 29.6 Å². The van der Waals surface area contributed by atoms with Gasteiger partial charge in [-0.15, -0.1) is 0 Å². The molecule has 200 valence electrons. The van der Waals surface area contributed by atoms with Crippen molar-refractivity contribution in [3.63, 3.8) is 0 Å². The van der Waals surface area contributed by atoms with E-state index in [0.717, 1.165) is 50.1 Å². The summed E-state index contributed by atoms with van der Waals surface area (Å²) in [7, 11) is 2.07. The number of fused-ring (bicyclic) bond motifs is 2. The van der Waals surface area contributed by atoms with Crippen LogP contribution in [0.15, 0.2) is 37.2 Å². The highest BCUT2D eigenvalue weighted by atomic mass is 19.1. The fourth-order valence-corrected chi connectivity index (χ4v) is 5.01. The van der Waals surface area contributed by atoms with Gasteiger partial charge in [-0.05, 0) is 62.3 Å². The molecule has 3 heterocycles. The molecule has 3 unspecified atom stereocenters. The summed E-state index contributed by atoms with van der Waals surface area (Å²) in [5.74, 6) is -0.321. The Balaban J connectivity index is 0.000000207. The number of aromatic nitrogens is 1. The summed E-state index contributed by atoms with van der Waals surface area (Å²) in [6.07, 6.45) is 6.27. The van der Waals surface area contributed by atoms with Gasteiger partial charge in [-0.2, -0.15) is 0 Å². The van der Waals surface area contributed by atoms with Gasteiger partial charge in [0.25, 0.3) is 0 Å². The van der Waals surface area contributed by atoms with Gasteiger partial charge in [-0.1, -0.05) is 6.58 Å². The van der Waals surface area contributed by atoms with E-state index in [1.807, 2.05) is 6.07 Å². The third kappa shape index (κ3) is 6.24. The predicted octanol–water partition coefficient (Wildman–Crippen LogP) is 3.49. The number of aldehydes is 1. The van der Waals surface area contributed by atoms with E-state index < -0.39 is 17.4 Å². The molecule has 5 N–H and O–H groups in total. The van der Waals surface area contributed by atoms with Gasteiger partial charge in [0, 0.05) is 55.5 Å². The Morgan fingerprint density at radius 2 is 2.08 bits per heavy atom. The lowest BCUT2D eigenvalue weighted by molar-refractivity contribution is -0.151. The summed E-state index contributed by atoms with van der Waals surface area (Å²) in [4.78, 5) is 19.4. The molecule has 1 aromatic carbocycles. The lowest BCUT2D eigenvalue weighted by Gasteiger charge is -2.49. The number of ether oxygens (including phenoxy) is 1. The van der Waals surface area contributed by atoms with E-state index in [1.165, 1.54) is 24.6 Å². The molecule has 5 rings (SSSR count). The van der Waals surface area contributed by atoms with Gasteiger partial charge >= 0.3 is 0 Å². The molecule has 3 atom stereocenters. The lowest BCUT2D eigenvalue weighted by atomic mass is 9.96. The summed E-state index contributed by atoms with van der Waals surface area (Å²) >= 11 is 0. The number of carbonyl (C=O) groups is 1. The number of benzene rings is 1. The second-order valence-corrected chi connectivity index (χ2v) is 9.52. The number of nitrogens with one attached hydrogen (secondary N) is 3. The monoisotopic (exact) mass is 515 g/mol. The van der Waals surface area contributed by atoms with Crippen LogP contribution in [0.5, 0.6) is 0 Å². The van der Waals surface area contributed by atoms with Crippen molar-refractivity contribution in [2.75, 3.05) is 45.2 Å². The van der Waals surface area contributed by atoms with Gasteiger partial charge in [-0.25, -0.2) is 24.8 Å². The Labute approximate surface area is 216 Å². The van der Waals surface area contributed by atoms with Crippen LogP contribution < -0.4 is 11.1 Å². The van der Waals surface area contributed by atoms with Crippen LogP contribution >= 0.6 is 0 Å². The van der Waals surface area contributed by atoms with Crippen molar-refractivity contribution in [2.24, 2.45) is 5.73 Å². The second-order valence-electron chi connectivity index (χ2n) is 9.52. The van der Waals surface area contributed by atoms with Gasteiger partial charge in [-0.3, -0.25) is 10.6 Å². The maximum atomic E-state index is 14.4. The second kappa shape index (κ2) is 12.4. The molecule has 0 saturated carbocycles. The highest BCUT2D eigenvalue weighted by Crippen LogP contribution is 2.33. The number of aryl methyl sites for hydroxylation is 1. The van der Waals surface area contributed by atoms with Crippen LogP contribution in [-0.4, -0.2) is 66.9 Å². The molecule has 2 aliphatic heterocycles. The van der Waals surface area contributed by atoms with E-state index in [-0.39, 0.29) is 23.1 Å². The van der Waals surface area contributed by atoms with Crippen molar-refractivity contribution < 1.29 is 18.3 Å².